The van der Waals surface area contributed by atoms with E-state index in [1.807, 2.05) is 30.3 Å². The first-order chi connectivity index (χ1) is 5.79. The Morgan fingerprint density at radius 3 is 2.67 bits per heavy atom. The molecule has 3 heteroatoms. The van der Waals surface area contributed by atoms with Crippen LogP contribution in [0.5, 0.6) is 0 Å². The van der Waals surface area contributed by atoms with E-state index in [4.69, 9.17) is 4.18 Å². The molecule has 1 rings (SSSR count). The number of carbonyl (C=O) groups excluding carboxylic acids is 1. The lowest BCUT2D eigenvalue weighted by Gasteiger charge is -1.98. The Labute approximate surface area is 76.1 Å². The molecule has 0 bridgehead atoms. The van der Waals surface area contributed by atoms with Crippen molar-refractivity contribution in [2.24, 2.45) is 0 Å². The molecule has 64 valence electrons. The predicted octanol–water partition coefficient (Wildman–Crippen LogP) is 2.40. The average molecular weight is 182 g/mol. The summed E-state index contributed by atoms with van der Waals surface area (Å²) in [5.74, 6) is 0.455. The SMILES string of the molecule is CC(=O)OSCc1ccccc1. The quantitative estimate of drug-likeness (QED) is 0.671. The number of hydrogen-bond acceptors (Lipinski definition) is 3. The van der Waals surface area contributed by atoms with Crippen molar-refractivity contribution in [3.63, 3.8) is 0 Å². The van der Waals surface area contributed by atoms with E-state index in [0.29, 0.717) is 5.75 Å². The van der Waals surface area contributed by atoms with E-state index < -0.39 is 0 Å². The van der Waals surface area contributed by atoms with E-state index in [9.17, 15) is 4.79 Å². The minimum absolute atomic E-state index is 0.254. The van der Waals surface area contributed by atoms with Crippen LogP contribution in [0.3, 0.4) is 0 Å². The summed E-state index contributed by atoms with van der Waals surface area (Å²) in [6.07, 6.45) is 0. The van der Waals surface area contributed by atoms with Gasteiger partial charge in [-0.1, -0.05) is 30.3 Å². The highest BCUT2D eigenvalue weighted by Gasteiger charge is 1.95. The Balaban J connectivity index is 2.29. The number of benzene rings is 1. The van der Waals surface area contributed by atoms with Gasteiger partial charge in [-0.2, -0.15) is 0 Å². The Hall–Kier alpha value is -0.960. The lowest BCUT2D eigenvalue weighted by Crippen LogP contribution is -1.90. The summed E-state index contributed by atoms with van der Waals surface area (Å²) in [7, 11) is 0. The van der Waals surface area contributed by atoms with Crippen LogP contribution in [0.2, 0.25) is 0 Å². The van der Waals surface area contributed by atoms with Crippen LogP contribution >= 0.6 is 12.0 Å². The third-order valence-corrected chi connectivity index (χ3v) is 2.05. The van der Waals surface area contributed by atoms with Crippen molar-refractivity contribution in [2.75, 3.05) is 0 Å². The van der Waals surface area contributed by atoms with Crippen molar-refractivity contribution in [2.45, 2.75) is 12.7 Å². The van der Waals surface area contributed by atoms with Crippen LogP contribution in [0, 0.1) is 0 Å². The molecule has 2 nitrogen and oxygen atoms in total. The highest BCUT2D eigenvalue weighted by molar-refractivity contribution is 7.94. The molecule has 0 N–H and O–H groups in total. The normalized spacial score (nSPS) is 9.42. The van der Waals surface area contributed by atoms with Gasteiger partial charge in [0.15, 0.2) is 0 Å². The largest absolute Gasteiger partial charge is 0.391 e. The monoisotopic (exact) mass is 182 g/mol. The third-order valence-electron chi connectivity index (χ3n) is 1.24. The first-order valence-corrected chi connectivity index (χ1v) is 4.54. The van der Waals surface area contributed by atoms with Gasteiger partial charge in [0.25, 0.3) is 0 Å². The molecule has 0 aromatic heterocycles. The summed E-state index contributed by atoms with van der Waals surface area (Å²) in [6.45, 7) is 1.40. The molecule has 0 atom stereocenters. The lowest BCUT2D eigenvalue weighted by atomic mass is 10.2. The van der Waals surface area contributed by atoms with E-state index in [-0.39, 0.29) is 5.97 Å². The molecule has 0 heterocycles. The fraction of sp³-hybridized carbons (Fsp3) is 0.222. The van der Waals surface area contributed by atoms with Crippen LogP contribution in [-0.2, 0) is 14.7 Å². The molecule has 0 aliphatic rings. The molecular weight excluding hydrogens is 172 g/mol. The van der Waals surface area contributed by atoms with Crippen LogP contribution < -0.4 is 0 Å². The second-order valence-corrected chi connectivity index (χ2v) is 3.01. The standard InChI is InChI=1S/C9H10O2S/c1-8(10)11-12-7-9-5-3-2-4-6-9/h2-6H,7H2,1H3. The molecule has 0 radical (unpaired) electrons. The summed E-state index contributed by atoms with van der Waals surface area (Å²) in [5.41, 5.74) is 1.16. The van der Waals surface area contributed by atoms with Crippen LogP contribution in [0.4, 0.5) is 0 Å². The summed E-state index contributed by atoms with van der Waals surface area (Å²) >= 11 is 1.16. The van der Waals surface area contributed by atoms with Crippen molar-refractivity contribution in [3.8, 4) is 0 Å². The van der Waals surface area contributed by atoms with E-state index in [0.717, 1.165) is 17.6 Å². The second kappa shape index (κ2) is 4.83. The van der Waals surface area contributed by atoms with Crippen molar-refractivity contribution in [3.05, 3.63) is 35.9 Å². The summed E-state index contributed by atoms with van der Waals surface area (Å²) in [4.78, 5) is 10.4. The topological polar surface area (TPSA) is 26.3 Å². The zero-order valence-electron chi connectivity index (χ0n) is 6.82. The van der Waals surface area contributed by atoms with Gasteiger partial charge in [0.2, 0.25) is 0 Å². The van der Waals surface area contributed by atoms with E-state index >= 15 is 0 Å². The number of rotatable bonds is 3. The molecule has 1 aromatic carbocycles. The summed E-state index contributed by atoms with van der Waals surface area (Å²) in [5, 5.41) is 0. The molecule has 0 unspecified atom stereocenters. The second-order valence-electron chi connectivity index (χ2n) is 2.32. The molecule has 0 amide bonds. The molecule has 0 aliphatic carbocycles. The van der Waals surface area contributed by atoms with Gasteiger partial charge in [-0.05, 0) is 5.56 Å². The maximum Gasteiger partial charge on any atom is 0.314 e. The van der Waals surface area contributed by atoms with Gasteiger partial charge in [0, 0.05) is 6.92 Å². The molecule has 0 saturated heterocycles. The van der Waals surface area contributed by atoms with Crippen molar-refractivity contribution in [1.82, 2.24) is 0 Å². The molecule has 1 aromatic rings. The Bertz CT molecular complexity index is 246. The first-order valence-electron chi connectivity index (χ1n) is 3.63. The van der Waals surface area contributed by atoms with Gasteiger partial charge in [-0.15, -0.1) is 0 Å². The summed E-state index contributed by atoms with van der Waals surface area (Å²) < 4.78 is 4.72. The van der Waals surface area contributed by atoms with E-state index in [1.165, 1.54) is 6.92 Å². The average Bonchev–Trinajstić information content (AvgIpc) is 2.05. The molecule has 0 aliphatic heterocycles. The minimum atomic E-state index is -0.254. The first kappa shape index (κ1) is 9.13. The summed E-state index contributed by atoms with van der Waals surface area (Å²) in [6, 6.07) is 9.88. The Morgan fingerprint density at radius 1 is 1.42 bits per heavy atom. The highest BCUT2D eigenvalue weighted by Crippen LogP contribution is 2.12. The molecule has 0 saturated carbocycles. The molecule has 0 spiro atoms. The van der Waals surface area contributed by atoms with Gasteiger partial charge >= 0.3 is 5.97 Å². The van der Waals surface area contributed by atoms with Gasteiger partial charge in [-0.3, -0.25) is 4.79 Å². The number of hydrogen-bond donors (Lipinski definition) is 0. The van der Waals surface area contributed by atoms with Gasteiger partial charge in [0.05, 0.1) is 17.8 Å². The smallest absolute Gasteiger partial charge is 0.314 e. The fourth-order valence-corrected chi connectivity index (χ4v) is 1.31. The Kier molecular flexibility index (Phi) is 3.67. The van der Waals surface area contributed by atoms with Crippen molar-refractivity contribution in [1.29, 1.82) is 0 Å². The Morgan fingerprint density at radius 2 is 2.08 bits per heavy atom. The number of carbonyl (C=O) groups is 1. The zero-order valence-corrected chi connectivity index (χ0v) is 7.64. The van der Waals surface area contributed by atoms with Crippen molar-refractivity contribution >= 4 is 18.0 Å². The van der Waals surface area contributed by atoms with E-state index in [2.05, 4.69) is 0 Å². The van der Waals surface area contributed by atoms with Gasteiger partial charge in [-0.25, -0.2) is 0 Å². The van der Waals surface area contributed by atoms with Crippen LogP contribution in [0.25, 0.3) is 0 Å². The van der Waals surface area contributed by atoms with Gasteiger partial charge < -0.3 is 4.18 Å². The van der Waals surface area contributed by atoms with Crippen LogP contribution in [-0.4, -0.2) is 5.97 Å². The third kappa shape index (κ3) is 3.44. The lowest BCUT2D eigenvalue weighted by molar-refractivity contribution is -0.130. The maximum atomic E-state index is 10.4. The van der Waals surface area contributed by atoms with E-state index in [1.54, 1.807) is 0 Å². The van der Waals surface area contributed by atoms with Crippen LogP contribution in [0.1, 0.15) is 12.5 Å². The minimum Gasteiger partial charge on any atom is -0.391 e. The van der Waals surface area contributed by atoms with Gasteiger partial charge in [0.1, 0.15) is 0 Å². The predicted molar refractivity (Wildman–Crippen MR) is 49.5 cm³/mol. The zero-order chi connectivity index (χ0) is 8.81. The molecular formula is C9H10O2S. The molecule has 0 fully saturated rings. The highest BCUT2D eigenvalue weighted by atomic mass is 32.2. The van der Waals surface area contributed by atoms with Crippen molar-refractivity contribution < 1.29 is 8.98 Å². The maximum absolute atomic E-state index is 10.4. The molecule has 12 heavy (non-hydrogen) atoms. The van der Waals surface area contributed by atoms with Crippen LogP contribution in [0.15, 0.2) is 30.3 Å². The fourth-order valence-electron chi connectivity index (χ4n) is 0.755.